The van der Waals surface area contributed by atoms with Crippen LogP contribution >= 0.6 is 23.2 Å². The van der Waals surface area contributed by atoms with Crippen molar-refractivity contribution in [3.05, 3.63) is 33.8 Å². The Morgan fingerprint density at radius 2 is 1.85 bits per heavy atom. The van der Waals surface area contributed by atoms with Gasteiger partial charge in [-0.15, -0.1) is 0 Å². The maximum Gasteiger partial charge on any atom is 0.0439 e. The van der Waals surface area contributed by atoms with Crippen LogP contribution in [-0.4, -0.2) is 12.6 Å². The third-order valence-electron chi connectivity index (χ3n) is 4.08. The number of halogens is 2. The zero-order valence-electron chi connectivity index (χ0n) is 13.3. The lowest BCUT2D eigenvalue weighted by Gasteiger charge is -2.31. The third-order valence-corrected chi connectivity index (χ3v) is 4.69. The van der Waals surface area contributed by atoms with E-state index >= 15 is 0 Å². The lowest BCUT2D eigenvalue weighted by molar-refractivity contribution is 0.222. The fraction of sp³-hybridized carbons (Fsp3) is 0.647. The van der Waals surface area contributed by atoms with Crippen LogP contribution in [0.5, 0.6) is 0 Å². The minimum Gasteiger partial charge on any atom is -0.314 e. The topological polar surface area (TPSA) is 12.0 Å². The van der Waals surface area contributed by atoms with Crippen LogP contribution in [0.15, 0.2) is 18.2 Å². The van der Waals surface area contributed by atoms with Crippen LogP contribution in [0, 0.1) is 11.3 Å². The predicted molar refractivity (Wildman–Crippen MR) is 90.9 cm³/mol. The van der Waals surface area contributed by atoms with Gasteiger partial charge in [0.05, 0.1) is 0 Å². The quantitative estimate of drug-likeness (QED) is 0.721. The summed E-state index contributed by atoms with van der Waals surface area (Å²) in [5, 5.41) is 5.14. The van der Waals surface area contributed by atoms with Crippen LogP contribution < -0.4 is 5.32 Å². The van der Waals surface area contributed by atoms with Gasteiger partial charge in [-0.05, 0) is 54.5 Å². The fourth-order valence-electron chi connectivity index (χ4n) is 2.27. The van der Waals surface area contributed by atoms with Crippen molar-refractivity contribution in [2.75, 3.05) is 6.54 Å². The van der Waals surface area contributed by atoms with Gasteiger partial charge in [0.25, 0.3) is 0 Å². The molecule has 0 bridgehead atoms. The number of likely N-dealkylation sites (N-methyl/N-ethyl adjacent to an activating group) is 1. The lowest BCUT2D eigenvalue weighted by atomic mass is 9.78. The largest absolute Gasteiger partial charge is 0.314 e. The minimum atomic E-state index is 0.325. The molecule has 0 saturated carbocycles. The molecule has 114 valence electrons. The zero-order valence-corrected chi connectivity index (χ0v) is 14.8. The SMILES string of the molecule is CCNC(Cc1cc(Cl)ccc1Cl)CC(C)C(C)(C)C. The summed E-state index contributed by atoms with van der Waals surface area (Å²) >= 11 is 12.4. The Bertz CT molecular complexity index is 423. The van der Waals surface area contributed by atoms with Gasteiger partial charge in [0, 0.05) is 16.1 Å². The van der Waals surface area contributed by atoms with E-state index in [1.54, 1.807) is 0 Å². The summed E-state index contributed by atoms with van der Waals surface area (Å²) < 4.78 is 0. The Morgan fingerprint density at radius 3 is 2.40 bits per heavy atom. The van der Waals surface area contributed by atoms with Crippen molar-refractivity contribution in [1.82, 2.24) is 5.32 Å². The van der Waals surface area contributed by atoms with E-state index in [1.165, 1.54) is 0 Å². The molecule has 2 unspecified atom stereocenters. The smallest absolute Gasteiger partial charge is 0.0439 e. The van der Waals surface area contributed by atoms with Crippen molar-refractivity contribution in [3.63, 3.8) is 0 Å². The average molecular weight is 316 g/mol. The molecule has 3 heteroatoms. The highest BCUT2D eigenvalue weighted by atomic mass is 35.5. The maximum absolute atomic E-state index is 6.28. The molecule has 0 radical (unpaired) electrons. The molecule has 0 aliphatic carbocycles. The molecule has 0 fully saturated rings. The molecule has 0 aromatic heterocycles. The van der Waals surface area contributed by atoms with Crippen LogP contribution in [0.1, 0.15) is 46.6 Å². The Labute approximate surface area is 134 Å². The van der Waals surface area contributed by atoms with E-state index in [2.05, 4.69) is 39.9 Å². The highest BCUT2D eigenvalue weighted by Gasteiger charge is 2.23. The Hall–Kier alpha value is -0.240. The molecule has 1 aromatic carbocycles. The van der Waals surface area contributed by atoms with Crippen molar-refractivity contribution in [1.29, 1.82) is 0 Å². The lowest BCUT2D eigenvalue weighted by Crippen LogP contribution is -2.35. The first-order chi connectivity index (χ1) is 9.24. The standard InChI is InChI=1S/C17H27Cl2N/c1-6-20-15(9-12(2)17(3,4)5)11-13-10-14(18)7-8-16(13)19/h7-8,10,12,15,20H,6,9,11H2,1-5H3. The number of hydrogen-bond donors (Lipinski definition) is 1. The second kappa shape index (κ2) is 7.68. The normalized spacial score (nSPS) is 15.2. The van der Waals surface area contributed by atoms with Gasteiger partial charge >= 0.3 is 0 Å². The molecule has 0 aliphatic rings. The molecule has 1 aromatic rings. The Morgan fingerprint density at radius 1 is 1.20 bits per heavy atom. The molecule has 1 nitrogen and oxygen atoms in total. The van der Waals surface area contributed by atoms with Gasteiger partial charge in [-0.3, -0.25) is 0 Å². The zero-order chi connectivity index (χ0) is 15.3. The molecule has 0 heterocycles. The van der Waals surface area contributed by atoms with Crippen molar-refractivity contribution < 1.29 is 0 Å². The molecule has 0 aliphatic heterocycles. The molecule has 0 spiro atoms. The van der Waals surface area contributed by atoms with Crippen LogP contribution in [-0.2, 0) is 6.42 Å². The van der Waals surface area contributed by atoms with Gasteiger partial charge in [-0.1, -0.05) is 57.8 Å². The summed E-state index contributed by atoms with van der Waals surface area (Å²) in [5.74, 6) is 0.643. The third kappa shape index (κ3) is 5.63. The first-order valence-corrected chi connectivity index (χ1v) is 8.17. The second-order valence-corrected chi connectivity index (χ2v) is 7.54. The average Bonchev–Trinajstić information content (AvgIpc) is 2.33. The first kappa shape index (κ1) is 17.8. The van der Waals surface area contributed by atoms with Crippen molar-refractivity contribution in [3.8, 4) is 0 Å². The van der Waals surface area contributed by atoms with Crippen molar-refractivity contribution in [2.45, 2.75) is 53.5 Å². The van der Waals surface area contributed by atoms with Crippen LogP contribution in [0.4, 0.5) is 0 Å². The summed E-state index contributed by atoms with van der Waals surface area (Å²) in [6, 6.07) is 6.14. The van der Waals surface area contributed by atoms with E-state index in [0.29, 0.717) is 17.4 Å². The van der Waals surface area contributed by atoms with E-state index < -0.39 is 0 Å². The highest BCUT2D eigenvalue weighted by molar-refractivity contribution is 6.33. The van der Waals surface area contributed by atoms with Gasteiger partial charge in [-0.2, -0.15) is 0 Å². The first-order valence-electron chi connectivity index (χ1n) is 7.41. The van der Waals surface area contributed by atoms with Gasteiger partial charge < -0.3 is 5.32 Å². The second-order valence-electron chi connectivity index (χ2n) is 6.70. The summed E-state index contributed by atoms with van der Waals surface area (Å²) in [5.41, 5.74) is 1.46. The van der Waals surface area contributed by atoms with Gasteiger partial charge in [0.15, 0.2) is 0 Å². The molecule has 0 amide bonds. The number of benzene rings is 1. The number of hydrogen-bond acceptors (Lipinski definition) is 1. The van der Waals surface area contributed by atoms with Gasteiger partial charge in [0.2, 0.25) is 0 Å². The van der Waals surface area contributed by atoms with Crippen LogP contribution in [0.25, 0.3) is 0 Å². The summed E-state index contributed by atoms with van der Waals surface area (Å²) in [6.45, 7) is 12.3. The van der Waals surface area contributed by atoms with E-state index in [0.717, 1.165) is 35.0 Å². The van der Waals surface area contributed by atoms with Crippen molar-refractivity contribution >= 4 is 23.2 Å². The van der Waals surface area contributed by atoms with E-state index in [9.17, 15) is 0 Å². The molecule has 20 heavy (non-hydrogen) atoms. The summed E-state index contributed by atoms with van der Waals surface area (Å²) in [6.07, 6.45) is 2.06. The van der Waals surface area contributed by atoms with Crippen LogP contribution in [0.3, 0.4) is 0 Å². The molecular weight excluding hydrogens is 289 g/mol. The van der Waals surface area contributed by atoms with Gasteiger partial charge in [0.1, 0.15) is 0 Å². The fourth-order valence-corrected chi connectivity index (χ4v) is 2.66. The Balaban J connectivity index is 2.79. The molecule has 1 N–H and O–H groups in total. The molecule has 1 rings (SSSR count). The minimum absolute atomic E-state index is 0.325. The summed E-state index contributed by atoms with van der Waals surface area (Å²) in [4.78, 5) is 0. The predicted octanol–water partition coefficient (Wildman–Crippen LogP) is 5.59. The van der Waals surface area contributed by atoms with Gasteiger partial charge in [-0.25, -0.2) is 0 Å². The number of rotatable bonds is 6. The van der Waals surface area contributed by atoms with E-state index in [4.69, 9.17) is 23.2 Å². The van der Waals surface area contributed by atoms with Crippen molar-refractivity contribution in [2.24, 2.45) is 11.3 Å². The number of nitrogens with one attached hydrogen (secondary N) is 1. The summed E-state index contributed by atoms with van der Waals surface area (Å²) in [7, 11) is 0. The highest BCUT2D eigenvalue weighted by Crippen LogP contribution is 2.30. The molecular formula is C17H27Cl2N. The Kier molecular flexibility index (Phi) is 6.84. The monoisotopic (exact) mass is 315 g/mol. The molecule has 0 saturated heterocycles. The molecule has 2 atom stereocenters. The maximum atomic E-state index is 6.28. The van der Waals surface area contributed by atoms with E-state index in [-0.39, 0.29) is 0 Å². The van der Waals surface area contributed by atoms with E-state index in [1.807, 2.05) is 18.2 Å². The van der Waals surface area contributed by atoms with Crippen LogP contribution in [0.2, 0.25) is 10.0 Å².